The Morgan fingerprint density at radius 3 is 2.78 bits per heavy atom. The number of Topliss-reactive ketones (excluding diaryl/α,β-unsaturated/α-hetero) is 1. The van der Waals surface area contributed by atoms with E-state index in [1.807, 2.05) is 6.07 Å². The van der Waals surface area contributed by atoms with Crippen molar-refractivity contribution < 1.29 is 9.53 Å². The molecule has 1 aliphatic heterocycles. The van der Waals surface area contributed by atoms with E-state index >= 15 is 0 Å². The maximum atomic E-state index is 12.3. The van der Waals surface area contributed by atoms with Crippen molar-refractivity contribution in [2.75, 3.05) is 0 Å². The average molecular weight is 265 g/mol. The number of ether oxygens (including phenoxy) is 1. The summed E-state index contributed by atoms with van der Waals surface area (Å²) in [7, 11) is 0. The minimum atomic E-state index is -0.246. The zero-order chi connectivity index (χ0) is 12.8. The SMILES string of the molecule is CC1CCC2(CC1)CC(=O)c1cc(Cl)ccc1O2. The molecule has 0 N–H and O–H groups in total. The zero-order valence-electron chi connectivity index (χ0n) is 10.5. The van der Waals surface area contributed by atoms with Gasteiger partial charge in [-0.1, -0.05) is 18.5 Å². The van der Waals surface area contributed by atoms with Crippen LogP contribution in [0.3, 0.4) is 0 Å². The molecule has 1 saturated carbocycles. The van der Waals surface area contributed by atoms with E-state index in [4.69, 9.17) is 16.3 Å². The van der Waals surface area contributed by atoms with Crippen molar-refractivity contribution in [3.8, 4) is 5.75 Å². The van der Waals surface area contributed by atoms with Crippen molar-refractivity contribution >= 4 is 17.4 Å². The molecule has 0 aromatic heterocycles. The Labute approximate surface area is 112 Å². The van der Waals surface area contributed by atoms with E-state index in [2.05, 4.69) is 6.92 Å². The normalized spacial score (nSPS) is 31.0. The molecule has 1 aromatic rings. The lowest BCUT2D eigenvalue weighted by atomic mass is 9.75. The summed E-state index contributed by atoms with van der Waals surface area (Å²) in [6.45, 7) is 2.27. The van der Waals surface area contributed by atoms with Crippen LogP contribution in [0.5, 0.6) is 5.75 Å². The highest BCUT2D eigenvalue weighted by atomic mass is 35.5. The molecule has 2 aliphatic rings. The Morgan fingerprint density at radius 2 is 2.06 bits per heavy atom. The molecule has 2 nitrogen and oxygen atoms in total. The molecule has 1 spiro atoms. The van der Waals surface area contributed by atoms with Gasteiger partial charge in [-0.05, 0) is 49.8 Å². The van der Waals surface area contributed by atoms with Crippen molar-refractivity contribution in [3.63, 3.8) is 0 Å². The van der Waals surface area contributed by atoms with Crippen LogP contribution in [0.2, 0.25) is 5.02 Å². The predicted molar refractivity (Wildman–Crippen MR) is 71.4 cm³/mol. The van der Waals surface area contributed by atoms with Crippen LogP contribution in [-0.4, -0.2) is 11.4 Å². The monoisotopic (exact) mass is 264 g/mol. The summed E-state index contributed by atoms with van der Waals surface area (Å²) in [5.41, 5.74) is 0.400. The number of benzene rings is 1. The standard InChI is InChI=1S/C15H17ClO2/c1-10-4-6-15(7-5-10)9-13(17)12-8-11(16)2-3-14(12)18-15/h2-3,8,10H,4-7,9H2,1H3. The molecule has 3 rings (SSSR count). The van der Waals surface area contributed by atoms with E-state index in [9.17, 15) is 4.79 Å². The fourth-order valence-electron chi connectivity index (χ4n) is 3.03. The highest BCUT2D eigenvalue weighted by Gasteiger charge is 2.42. The minimum absolute atomic E-state index is 0.174. The Hall–Kier alpha value is -1.02. The lowest BCUT2D eigenvalue weighted by Gasteiger charge is -2.42. The van der Waals surface area contributed by atoms with Crippen molar-refractivity contribution in [2.45, 2.75) is 44.6 Å². The highest BCUT2D eigenvalue weighted by Crippen LogP contribution is 2.43. The molecule has 1 heterocycles. The number of carbonyl (C=O) groups excluding carboxylic acids is 1. The van der Waals surface area contributed by atoms with E-state index in [0.29, 0.717) is 22.8 Å². The van der Waals surface area contributed by atoms with Gasteiger partial charge < -0.3 is 4.74 Å². The van der Waals surface area contributed by atoms with Crippen LogP contribution < -0.4 is 4.74 Å². The number of halogens is 1. The van der Waals surface area contributed by atoms with Crippen molar-refractivity contribution in [1.29, 1.82) is 0 Å². The van der Waals surface area contributed by atoms with Gasteiger partial charge in [-0.2, -0.15) is 0 Å². The zero-order valence-corrected chi connectivity index (χ0v) is 11.3. The third kappa shape index (κ3) is 2.03. The molecular formula is C15H17ClO2. The van der Waals surface area contributed by atoms with E-state index < -0.39 is 0 Å². The van der Waals surface area contributed by atoms with Gasteiger partial charge in [-0.3, -0.25) is 4.79 Å². The number of fused-ring (bicyclic) bond motifs is 1. The predicted octanol–water partition coefficient (Wildman–Crippen LogP) is 4.25. The quantitative estimate of drug-likeness (QED) is 0.700. The molecule has 0 amide bonds. The number of hydrogen-bond acceptors (Lipinski definition) is 2. The topological polar surface area (TPSA) is 26.3 Å². The molecule has 1 aliphatic carbocycles. The van der Waals surface area contributed by atoms with Gasteiger partial charge in [0.2, 0.25) is 0 Å². The molecule has 96 valence electrons. The first kappa shape index (κ1) is 12.0. The van der Waals surface area contributed by atoms with E-state index in [0.717, 1.165) is 31.6 Å². The van der Waals surface area contributed by atoms with Gasteiger partial charge in [0.15, 0.2) is 5.78 Å². The van der Waals surface area contributed by atoms with Gasteiger partial charge in [-0.25, -0.2) is 0 Å². The maximum absolute atomic E-state index is 12.3. The molecular weight excluding hydrogens is 248 g/mol. The third-order valence-electron chi connectivity index (χ3n) is 4.24. The van der Waals surface area contributed by atoms with E-state index in [-0.39, 0.29) is 11.4 Å². The summed E-state index contributed by atoms with van der Waals surface area (Å²) in [6, 6.07) is 5.34. The molecule has 0 bridgehead atoms. The lowest BCUT2D eigenvalue weighted by Crippen LogP contribution is -2.44. The molecule has 18 heavy (non-hydrogen) atoms. The fourth-order valence-corrected chi connectivity index (χ4v) is 3.21. The van der Waals surface area contributed by atoms with Crippen molar-refractivity contribution in [3.05, 3.63) is 28.8 Å². The average Bonchev–Trinajstić information content (AvgIpc) is 2.35. The first-order chi connectivity index (χ1) is 8.58. The van der Waals surface area contributed by atoms with Crippen LogP contribution >= 0.6 is 11.6 Å². The van der Waals surface area contributed by atoms with Crippen LogP contribution in [0, 0.1) is 5.92 Å². The molecule has 1 aromatic carbocycles. The van der Waals surface area contributed by atoms with Crippen LogP contribution in [-0.2, 0) is 0 Å². The molecule has 0 atom stereocenters. The van der Waals surface area contributed by atoms with Gasteiger partial charge in [0.25, 0.3) is 0 Å². The molecule has 0 unspecified atom stereocenters. The summed E-state index contributed by atoms with van der Waals surface area (Å²) in [5.74, 6) is 1.64. The Morgan fingerprint density at radius 1 is 1.33 bits per heavy atom. The van der Waals surface area contributed by atoms with E-state index in [1.54, 1.807) is 12.1 Å². The van der Waals surface area contributed by atoms with E-state index in [1.165, 1.54) is 0 Å². The smallest absolute Gasteiger partial charge is 0.170 e. The first-order valence-corrected chi connectivity index (χ1v) is 6.98. The van der Waals surface area contributed by atoms with Gasteiger partial charge in [-0.15, -0.1) is 0 Å². The van der Waals surface area contributed by atoms with Gasteiger partial charge in [0.05, 0.1) is 12.0 Å². The third-order valence-corrected chi connectivity index (χ3v) is 4.47. The van der Waals surface area contributed by atoms with Crippen molar-refractivity contribution in [2.24, 2.45) is 5.92 Å². The van der Waals surface area contributed by atoms with Gasteiger partial charge >= 0.3 is 0 Å². The number of hydrogen-bond donors (Lipinski definition) is 0. The second-order valence-corrected chi connectivity index (χ2v) is 6.14. The highest BCUT2D eigenvalue weighted by molar-refractivity contribution is 6.31. The largest absolute Gasteiger partial charge is 0.486 e. The van der Waals surface area contributed by atoms with Crippen LogP contribution in [0.4, 0.5) is 0 Å². The summed E-state index contributed by atoms with van der Waals surface area (Å²) in [4.78, 5) is 12.3. The van der Waals surface area contributed by atoms with Crippen LogP contribution in [0.1, 0.15) is 49.4 Å². The van der Waals surface area contributed by atoms with Crippen LogP contribution in [0.15, 0.2) is 18.2 Å². The number of ketones is 1. The molecule has 3 heteroatoms. The van der Waals surface area contributed by atoms with Gasteiger partial charge in [0.1, 0.15) is 11.4 Å². The Kier molecular flexibility index (Phi) is 2.86. The molecule has 0 radical (unpaired) electrons. The summed E-state index contributed by atoms with van der Waals surface area (Å²) >= 11 is 5.93. The Balaban J connectivity index is 1.92. The second-order valence-electron chi connectivity index (χ2n) is 5.71. The lowest BCUT2D eigenvalue weighted by molar-refractivity contribution is 0.00403. The van der Waals surface area contributed by atoms with Crippen LogP contribution in [0.25, 0.3) is 0 Å². The Bertz CT molecular complexity index is 487. The van der Waals surface area contributed by atoms with Crippen molar-refractivity contribution in [1.82, 2.24) is 0 Å². The minimum Gasteiger partial charge on any atom is -0.486 e. The maximum Gasteiger partial charge on any atom is 0.170 e. The first-order valence-electron chi connectivity index (χ1n) is 6.60. The molecule has 0 saturated heterocycles. The second kappa shape index (κ2) is 4.27. The fraction of sp³-hybridized carbons (Fsp3) is 0.533. The number of rotatable bonds is 0. The molecule has 1 fully saturated rings. The summed E-state index contributed by atoms with van der Waals surface area (Å²) in [6.07, 6.45) is 4.78. The summed E-state index contributed by atoms with van der Waals surface area (Å²) < 4.78 is 6.15. The van der Waals surface area contributed by atoms with Gasteiger partial charge in [0, 0.05) is 5.02 Å². The summed E-state index contributed by atoms with van der Waals surface area (Å²) in [5, 5.41) is 0.596. The number of carbonyl (C=O) groups is 1.